The van der Waals surface area contributed by atoms with E-state index in [2.05, 4.69) is 19.2 Å². The van der Waals surface area contributed by atoms with Gasteiger partial charge in [-0.15, -0.1) is 0 Å². The maximum Gasteiger partial charge on any atom is 0.321 e. The van der Waals surface area contributed by atoms with Crippen molar-refractivity contribution < 1.29 is 14.3 Å². The lowest BCUT2D eigenvalue weighted by atomic mass is 10.1. The summed E-state index contributed by atoms with van der Waals surface area (Å²) in [6.07, 6.45) is 0.863. The zero-order valence-electron chi connectivity index (χ0n) is 14.1. The van der Waals surface area contributed by atoms with Crippen molar-refractivity contribution in [3.05, 3.63) is 29.3 Å². The van der Waals surface area contributed by atoms with Crippen molar-refractivity contribution in [2.45, 2.75) is 27.2 Å². The van der Waals surface area contributed by atoms with E-state index in [0.29, 0.717) is 29.7 Å². The monoisotopic (exact) mass is 340 g/mol. The Morgan fingerprint density at radius 3 is 2.35 bits per heavy atom. The lowest BCUT2D eigenvalue weighted by molar-refractivity contribution is -0.145. The van der Waals surface area contributed by atoms with Gasteiger partial charge in [0.2, 0.25) is 0 Å². The van der Waals surface area contributed by atoms with Crippen LogP contribution in [0.25, 0.3) is 0 Å². The highest BCUT2D eigenvalue weighted by Gasteiger charge is 2.21. The summed E-state index contributed by atoms with van der Waals surface area (Å²) in [5.74, 6) is -0.226. The average Bonchev–Trinajstić information content (AvgIpc) is 2.52. The number of nitrogens with zero attached hydrogens (tertiary/aromatic N) is 1. The molecule has 1 aromatic carbocycles. The third-order valence-corrected chi connectivity index (χ3v) is 3.71. The van der Waals surface area contributed by atoms with Gasteiger partial charge in [0, 0.05) is 23.8 Å². The first kappa shape index (κ1) is 19.3. The van der Waals surface area contributed by atoms with Gasteiger partial charge in [0.25, 0.3) is 0 Å². The van der Waals surface area contributed by atoms with E-state index in [1.165, 1.54) is 7.11 Å². The molecule has 2 amide bonds. The van der Waals surface area contributed by atoms with Crippen LogP contribution in [0.5, 0.6) is 0 Å². The minimum Gasteiger partial charge on any atom is -0.469 e. The van der Waals surface area contributed by atoms with Crippen LogP contribution in [0.4, 0.5) is 10.5 Å². The van der Waals surface area contributed by atoms with E-state index in [1.807, 2.05) is 0 Å². The molecule has 0 heterocycles. The molecular formula is C17H25ClN2O3. The number of hydrogen-bond donors (Lipinski definition) is 1. The molecule has 1 rings (SSSR count). The molecule has 0 saturated heterocycles. The van der Waals surface area contributed by atoms with Crippen molar-refractivity contribution in [1.29, 1.82) is 0 Å². The van der Waals surface area contributed by atoms with Crippen molar-refractivity contribution in [2.24, 2.45) is 11.8 Å². The van der Waals surface area contributed by atoms with E-state index >= 15 is 0 Å². The lowest BCUT2D eigenvalue weighted by Gasteiger charge is -2.26. The fraction of sp³-hybridized carbons (Fsp3) is 0.529. The summed E-state index contributed by atoms with van der Waals surface area (Å²) in [6.45, 7) is 6.85. The summed E-state index contributed by atoms with van der Waals surface area (Å²) in [7, 11) is 1.35. The molecule has 128 valence electrons. The van der Waals surface area contributed by atoms with Gasteiger partial charge in [-0.25, -0.2) is 4.79 Å². The number of rotatable bonds is 7. The average molecular weight is 341 g/mol. The van der Waals surface area contributed by atoms with Crippen LogP contribution < -0.4 is 5.32 Å². The first-order valence-electron chi connectivity index (χ1n) is 7.72. The van der Waals surface area contributed by atoms with Gasteiger partial charge in [0.1, 0.15) is 0 Å². The first-order valence-corrected chi connectivity index (χ1v) is 8.10. The van der Waals surface area contributed by atoms with E-state index in [-0.39, 0.29) is 17.9 Å². The minimum atomic E-state index is -0.372. The molecule has 1 N–H and O–H groups in total. The number of nitrogens with one attached hydrogen (secondary N) is 1. The Hall–Kier alpha value is -1.75. The molecule has 23 heavy (non-hydrogen) atoms. The van der Waals surface area contributed by atoms with Crippen LogP contribution in [0.3, 0.4) is 0 Å². The molecule has 1 atom stereocenters. The Bertz CT molecular complexity index is 517. The second-order valence-electron chi connectivity index (χ2n) is 5.99. The van der Waals surface area contributed by atoms with Gasteiger partial charge in [-0.3, -0.25) is 4.79 Å². The smallest absolute Gasteiger partial charge is 0.321 e. The van der Waals surface area contributed by atoms with Gasteiger partial charge in [-0.05, 0) is 36.6 Å². The van der Waals surface area contributed by atoms with E-state index < -0.39 is 0 Å². The summed E-state index contributed by atoms with van der Waals surface area (Å²) < 4.78 is 4.74. The third-order valence-electron chi connectivity index (χ3n) is 3.46. The first-order chi connectivity index (χ1) is 10.8. The van der Waals surface area contributed by atoms with Crippen molar-refractivity contribution in [3.63, 3.8) is 0 Å². The van der Waals surface area contributed by atoms with Gasteiger partial charge in [0.05, 0.1) is 13.0 Å². The molecule has 1 unspecified atom stereocenters. The lowest BCUT2D eigenvalue weighted by Crippen LogP contribution is -2.40. The summed E-state index contributed by atoms with van der Waals surface area (Å²) in [5, 5.41) is 3.44. The molecule has 0 bridgehead atoms. The standard InChI is InChI=1S/C17H25ClN2O3/c1-12(2)9-10-20(11-13(3)16(21)23-4)17(22)19-15-7-5-14(18)6-8-15/h5-8,12-13H,9-11H2,1-4H3,(H,19,22). The minimum absolute atomic E-state index is 0.233. The van der Waals surface area contributed by atoms with Gasteiger partial charge >= 0.3 is 12.0 Å². The van der Waals surface area contributed by atoms with Crippen LogP contribution in [0, 0.1) is 11.8 Å². The van der Waals surface area contributed by atoms with Gasteiger partial charge in [0.15, 0.2) is 0 Å². The van der Waals surface area contributed by atoms with Crippen molar-refractivity contribution in [3.8, 4) is 0 Å². The third kappa shape index (κ3) is 6.91. The van der Waals surface area contributed by atoms with Gasteiger partial charge in [-0.2, -0.15) is 0 Å². The topological polar surface area (TPSA) is 58.6 Å². The number of halogens is 1. The number of carbonyl (C=O) groups is 2. The molecule has 5 nitrogen and oxygen atoms in total. The molecule has 0 aliphatic heterocycles. The highest BCUT2D eigenvalue weighted by molar-refractivity contribution is 6.30. The van der Waals surface area contributed by atoms with Gasteiger partial charge < -0.3 is 15.0 Å². The molecule has 6 heteroatoms. The SMILES string of the molecule is COC(=O)C(C)CN(CCC(C)C)C(=O)Nc1ccc(Cl)cc1. The molecular weight excluding hydrogens is 316 g/mol. The molecule has 0 fully saturated rings. The summed E-state index contributed by atoms with van der Waals surface area (Å²) >= 11 is 5.84. The number of benzene rings is 1. The number of ether oxygens (including phenoxy) is 1. The predicted molar refractivity (Wildman–Crippen MR) is 92.7 cm³/mol. The zero-order chi connectivity index (χ0) is 17.4. The normalized spacial score (nSPS) is 11.9. The quantitative estimate of drug-likeness (QED) is 0.762. The maximum atomic E-state index is 12.5. The molecule has 0 spiro atoms. The van der Waals surface area contributed by atoms with E-state index in [9.17, 15) is 9.59 Å². The highest BCUT2D eigenvalue weighted by atomic mass is 35.5. The Labute approximate surface area is 142 Å². The van der Waals surface area contributed by atoms with Crippen LogP contribution in [-0.2, 0) is 9.53 Å². The summed E-state index contributed by atoms with van der Waals surface area (Å²) in [6, 6.07) is 6.68. The van der Waals surface area contributed by atoms with Crippen LogP contribution in [-0.4, -0.2) is 37.1 Å². The number of anilines is 1. The van der Waals surface area contributed by atoms with E-state index in [1.54, 1.807) is 36.1 Å². The van der Waals surface area contributed by atoms with Crippen molar-refractivity contribution >= 4 is 29.3 Å². The molecule has 0 radical (unpaired) electrons. The maximum absolute atomic E-state index is 12.5. The number of methoxy groups -OCH3 is 1. The van der Waals surface area contributed by atoms with Crippen LogP contribution in [0.15, 0.2) is 24.3 Å². The second kappa shape index (κ2) is 9.40. The number of hydrogen-bond acceptors (Lipinski definition) is 3. The molecule has 0 saturated carbocycles. The Morgan fingerprint density at radius 1 is 1.22 bits per heavy atom. The number of amides is 2. The zero-order valence-corrected chi connectivity index (χ0v) is 14.9. The van der Waals surface area contributed by atoms with Crippen molar-refractivity contribution in [2.75, 3.05) is 25.5 Å². The second-order valence-corrected chi connectivity index (χ2v) is 6.43. The fourth-order valence-electron chi connectivity index (χ4n) is 2.03. The number of esters is 1. The summed E-state index contributed by atoms with van der Waals surface area (Å²) in [4.78, 5) is 25.7. The summed E-state index contributed by atoms with van der Waals surface area (Å²) in [5.41, 5.74) is 0.666. The van der Waals surface area contributed by atoms with Crippen LogP contribution in [0.2, 0.25) is 5.02 Å². The largest absolute Gasteiger partial charge is 0.469 e. The Balaban J connectivity index is 2.74. The highest BCUT2D eigenvalue weighted by Crippen LogP contribution is 2.15. The van der Waals surface area contributed by atoms with Crippen LogP contribution >= 0.6 is 11.6 Å². The molecule has 0 aromatic heterocycles. The fourth-order valence-corrected chi connectivity index (χ4v) is 2.16. The van der Waals surface area contributed by atoms with E-state index in [4.69, 9.17) is 16.3 Å². The predicted octanol–water partition coefficient (Wildman–Crippen LogP) is 4.03. The Morgan fingerprint density at radius 2 is 1.83 bits per heavy atom. The van der Waals surface area contributed by atoms with Gasteiger partial charge in [-0.1, -0.05) is 32.4 Å². The Kier molecular flexibility index (Phi) is 7.89. The molecule has 0 aliphatic carbocycles. The van der Waals surface area contributed by atoms with Crippen LogP contribution in [0.1, 0.15) is 27.2 Å². The van der Waals surface area contributed by atoms with E-state index in [0.717, 1.165) is 6.42 Å². The number of urea groups is 1. The van der Waals surface area contributed by atoms with Crippen molar-refractivity contribution in [1.82, 2.24) is 4.90 Å². The number of carbonyl (C=O) groups excluding carboxylic acids is 2. The molecule has 1 aromatic rings. The molecule has 0 aliphatic rings.